The summed E-state index contributed by atoms with van der Waals surface area (Å²) in [5.41, 5.74) is 3.19. The first-order valence-corrected chi connectivity index (χ1v) is 7.29. The Balaban J connectivity index is 2.54. The summed E-state index contributed by atoms with van der Waals surface area (Å²) in [6, 6.07) is 7.86. The van der Waals surface area contributed by atoms with Gasteiger partial charge in [0.2, 0.25) is 0 Å². The van der Waals surface area contributed by atoms with Crippen LogP contribution in [0.1, 0.15) is 37.6 Å². The molecule has 0 saturated heterocycles. The maximum Gasteiger partial charge on any atom is 0.256 e. The lowest BCUT2D eigenvalue weighted by Crippen LogP contribution is -2.38. The molecule has 2 aromatic rings. The topological polar surface area (TPSA) is 71.2 Å². The highest BCUT2D eigenvalue weighted by atomic mass is 16.2. The van der Waals surface area contributed by atoms with E-state index in [1.807, 2.05) is 36.1 Å². The van der Waals surface area contributed by atoms with Gasteiger partial charge in [-0.25, -0.2) is 10.8 Å². The number of anilines is 1. The Morgan fingerprint density at radius 1 is 1.33 bits per heavy atom. The van der Waals surface area contributed by atoms with Crippen LogP contribution >= 0.6 is 0 Å². The number of nitrogens with two attached hydrogens (primary N) is 1. The number of nitrogens with one attached hydrogen (secondary N) is 1. The Kier molecular flexibility index (Phi) is 4.75. The molecular formula is C16H22N4O. The van der Waals surface area contributed by atoms with Gasteiger partial charge in [0.15, 0.2) is 0 Å². The Labute approximate surface area is 125 Å². The van der Waals surface area contributed by atoms with E-state index < -0.39 is 0 Å². The van der Waals surface area contributed by atoms with Crippen molar-refractivity contribution in [3.8, 4) is 0 Å². The van der Waals surface area contributed by atoms with Gasteiger partial charge in [0.1, 0.15) is 5.82 Å². The molecule has 5 heteroatoms. The highest BCUT2D eigenvalue weighted by Gasteiger charge is 2.21. The van der Waals surface area contributed by atoms with Gasteiger partial charge in [0, 0.05) is 24.2 Å². The van der Waals surface area contributed by atoms with E-state index in [-0.39, 0.29) is 11.9 Å². The molecule has 5 nitrogen and oxygen atoms in total. The summed E-state index contributed by atoms with van der Waals surface area (Å²) < 4.78 is 0. The molecule has 1 aromatic heterocycles. The molecule has 0 radical (unpaired) electrons. The summed E-state index contributed by atoms with van der Waals surface area (Å²) in [5.74, 6) is 6.08. The first-order chi connectivity index (χ1) is 10.1. The van der Waals surface area contributed by atoms with Gasteiger partial charge >= 0.3 is 0 Å². The highest BCUT2D eigenvalue weighted by molar-refractivity contribution is 6.09. The molecule has 0 saturated carbocycles. The Hall–Kier alpha value is -2.14. The van der Waals surface area contributed by atoms with Crippen molar-refractivity contribution in [2.75, 3.05) is 12.0 Å². The van der Waals surface area contributed by atoms with Crippen LogP contribution in [0.5, 0.6) is 0 Å². The standard InChI is InChI=1S/C16H22N4O/c1-4-11(3)20(5-2)16(21)14-10-18-15(19-17)13-9-7-6-8-12(13)14/h6-11H,4-5,17H2,1-3H3,(H,18,19). The van der Waals surface area contributed by atoms with Crippen LogP contribution in [0, 0.1) is 0 Å². The molecule has 1 amide bonds. The molecule has 3 N–H and O–H groups in total. The number of carbonyl (C=O) groups is 1. The minimum atomic E-state index is 0.0131. The van der Waals surface area contributed by atoms with E-state index in [4.69, 9.17) is 5.84 Å². The second kappa shape index (κ2) is 6.54. The van der Waals surface area contributed by atoms with Crippen LogP contribution in [0.15, 0.2) is 30.5 Å². The molecule has 1 atom stereocenters. The SMILES string of the molecule is CCC(C)N(CC)C(=O)c1cnc(NN)c2ccccc12. The molecule has 0 fully saturated rings. The van der Waals surface area contributed by atoms with Gasteiger partial charge < -0.3 is 10.3 Å². The predicted molar refractivity (Wildman–Crippen MR) is 86.0 cm³/mol. The molecule has 21 heavy (non-hydrogen) atoms. The van der Waals surface area contributed by atoms with E-state index in [2.05, 4.69) is 24.3 Å². The molecule has 2 rings (SSSR count). The minimum Gasteiger partial charge on any atom is -0.336 e. The zero-order valence-electron chi connectivity index (χ0n) is 12.8. The third-order valence-corrected chi connectivity index (χ3v) is 3.89. The van der Waals surface area contributed by atoms with Crippen LogP contribution in [0.4, 0.5) is 5.82 Å². The van der Waals surface area contributed by atoms with E-state index >= 15 is 0 Å². The molecule has 0 aliphatic rings. The number of nitrogens with zero attached hydrogens (tertiary/aromatic N) is 2. The second-order valence-corrected chi connectivity index (χ2v) is 5.06. The molecule has 0 spiro atoms. The van der Waals surface area contributed by atoms with Gasteiger partial charge in [0.25, 0.3) is 5.91 Å². The summed E-state index contributed by atoms with van der Waals surface area (Å²) in [4.78, 5) is 19.0. The smallest absolute Gasteiger partial charge is 0.256 e. The minimum absolute atomic E-state index is 0.0131. The van der Waals surface area contributed by atoms with Gasteiger partial charge in [-0.3, -0.25) is 4.79 Å². The summed E-state index contributed by atoms with van der Waals surface area (Å²) in [5, 5.41) is 1.72. The van der Waals surface area contributed by atoms with Gasteiger partial charge in [-0.2, -0.15) is 0 Å². The number of carbonyl (C=O) groups excluding carboxylic acids is 1. The van der Waals surface area contributed by atoms with E-state index in [0.29, 0.717) is 17.9 Å². The predicted octanol–water partition coefficient (Wildman–Crippen LogP) is 2.78. The number of nitrogen functional groups attached to an aromatic ring is 1. The van der Waals surface area contributed by atoms with Crippen LogP contribution in [-0.4, -0.2) is 28.4 Å². The van der Waals surface area contributed by atoms with Crippen LogP contribution in [0.2, 0.25) is 0 Å². The Morgan fingerprint density at radius 2 is 2.00 bits per heavy atom. The third kappa shape index (κ3) is 2.83. The lowest BCUT2D eigenvalue weighted by Gasteiger charge is -2.27. The normalized spacial score (nSPS) is 12.2. The maximum atomic E-state index is 12.8. The molecule has 0 bridgehead atoms. The van der Waals surface area contributed by atoms with Crippen molar-refractivity contribution in [3.05, 3.63) is 36.0 Å². The number of aromatic nitrogens is 1. The van der Waals surface area contributed by atoms with Crippen molar-refractivity contribution < 1.29 is 4.79 Å². The van der Waals surface area contributed by atoms with Crippen molar-refractivity contribution >= 4 is 22.5 Å². The Morgan fingerprint density at radius 3 is 2.57 bits per heavy atom. The van der Waals surface area contributed by atoms with Crippen molar-refractivity contribution in [2.24, 2.45) is 5.84 Å². The zero-order valence-corrected chi connectivity index (χ0v) is 12.8. The zero-order chi connectivity index (χ0) is 15.4. The summed E-state index contributed by atoms with van der Waals surface area (Å²) >= 11 is 0. The quantitative estimate of drug-likeness (QED) is 0.655. The number of fused-ring (bicyclic) bond motifs is 1. The molecular weight excluding hydrogens is 264 g/mol. The summed E-state index contributed by atoms with van der Waals surface area (Å²) in [7, 11) is 0. The largest absolute Gasteiger partial charge is 0.336 e. The molecule has 0 aliphatic carbocycles. The van der Waals surface area contributed by atoms with Crippen molar-refractivity contribution in [1.29, 1.82) is 0 Å². The van der Waals surface area contributed by atoms with Crippen LogP contribution in [0.25, 0.3) is 10.8 Å². The number of pyridine rings is 1. The fraction of sp³-hybridized carbons (Fsp3) is 0.375. The van der Waals surface area contributed by atoms with Gasteiger partial charge in [-0.1, -0.05) is 31.2 Å². The summed E-state index contributed by atoms with van der Waals surface area (Å²) in [6.45, 7) is 6.82. The molecule has 1 heterocycles. The number of benzene rings is 1. The third-order valence-electron chi connectivity index (χ3n) is 3.89. The van der Waals surface area contributed by atoms with Gasteiger partial charge in [-0.15, -0.1) is 0 Å². The first-order valence-electron chi connectivity index (χ1n) is 7.29. The molecule has 112 valence electrons. The maximum absolute atomic E-state index is 12.8. The monoisotopic (exact) mass is 286 g/mol. The van der Waals surface area contributed by atoms with E-state index in [1.165, 1.54) is 0 Å². The molecule has 1 unspecified atom stereocenters. The number of hydrazine groups is 1. The van der Waals surface area contributed by atoms with Crippen molar-refractivity contribution in [1.82, 2.24) is 9.88 Å². The molecule has 1 aromatic carbocycles. The first kappa shape index (κ1) is 15.3. The number of hydrogen-bond acceptors (Lipinski definition) is 4. The summed E-state index contributed by atoms with van der Waals surface area (Å²) in [6.07, 6.45) is 2.53. The van der Waals surface area contributed by atoms with Crippen molar-refractivity contribution in [2.45, 2.75) is 33.2 Å². The average molecular weight is 286 g/mol. The van der Waals surface area contributed by atoms with Crippen LogP contribution in [0.3, 0.4) is 0 Å². The van der Waals surface area contributed by atoms with E-state index in [9.17, 15) is 4.79 Å². The second-order valence-electron chi connectivity index (χ2n) is 5.06. The number of hydrogen-bond donors (Lipinski definition) is 2. The average Bonchev–Trinajstić information content (AvgIpc) is 2.54. The lowest BCUT2D eigenvalue weighted by atomic mass is 10.0. The molecule has 0 aliphatic heterocycles. The van der Waals surface area contributed by atoms with Gasteiger partial charge in [0.05, 0.1) is 5.56 Å². The van der Waals surface area contributed by atoms with Crippen LogP contribution in [-0.2, 0) is 0 Å². The number of rotatable bonds is 5. The van der Waals surface area contributed by atoms with Crippen molar-refractivity contribution in [3.63, 3.8) is 0 Å². The fourth-order valence-electron chi connectivity index (χ4n) is 2.51. The highest BCUT2D eigenvalue weighted by Crippen LogP contribution is 2.25. The number of amides is 1. The van der Waals surface area contributed by atoms with Crippen LogP contribution < -0.4 is 11.3 Å². The van der Waals surface area contributed by atoms with E-state index in [1.54, 1.807) is 6.20 Å². The Bertz CT molecular complexity index is 641. The lowest BCUT2D eigenvalue weighted by molar-refractivity contribution is 0.0701. The van der Waals surface area contributed by atoms with Gasteiger partial charge in [-0.05, 0) is 25.7 Å². The van der Waals surface area contributed by atoms with E-state index in [0.717, 1.165) is 17.2 Å². The fourth-order valence-corrected chi connectivity index (χ4v) is 2.51.